The van der Waals surface area contributed by atoms with Crippen LogP contribution in [-0.2, 0) is 11.2 Å². The van der Waals surface area contributed by atoms with E-state index in [1.807, 2.05) is 17.0 Å². The zero-order valence-electron chi connectivity index (χ0n) is 8.20. The van der Waals surface area contributed by atoms with E-state index >= 15 is 0 Å². The van der Waals surface area contributed by atoms with E-state index in [1.54, 1.807) is 12.1 Å². The average Bonchev–Trinajstić information content (AvgIpc) is 2.28. The minimum atomic E-state index is -0.229. The molecule has 0 atom stereocenters. The highest BCUT2D eigenvalue weighted by Gasteiger charge is 2.01. The van der Waals surface area contributed by atoms with E-state index in [2.05, 4.69) is 0 Å². The molecule has 0 aromatic heterocycles. The highest BCUT2D eigenvalue weighted by molar-refractivity contribution is 6.21. The summed E-state index contributed by atoms with van der Waals surface area (Å²) in [6.45, 7) is 0.970. The van der Waals surface area contributed by atoms with Gasteiger partial charge < -0.3 is 10.5 Å². The lowest BCUT2D eigenvalue weighted by atomic mass is 10.1. The molecule has 1 aromatic rings. The maximum atomic E-state index is 10.9. The molecule has 82 valence electrons. The highest BCUT2D eigenvalue weighted by Crippen LogP contribution is 2.12. The number of rotatable bonds is 5. The second-order valence-electron chi connectivity index (χ2n) is 2.98. The first kappa shape index (κ1) is 11.8. The van der Waals surface area contributed by atoms with E-state index < -0.39 is 0 Å². The molecule has 0 aliphatic heterocycles. The molecule has 0 saturated heterocycles. The molecule has 1 amide bonds. The number of nitrogens with one attached hydrogen (secondary N) is 1. The Balaban J connectivity index is 2.52. The standard InChI is InChI=1S/C10H13ClN2O2/c11-13-10(14)7-8-1-3-9(4-2-8)15-6-5-12/h1-4H,5-7,12H2,(H,13,14). The first-order chi connectivity index (χ1) is 7.26. The van der Waals surface area contributed by atoms with E-state index in [1.165, 1.54) is 0 Å². The maximum absolute atomic E-state index is 10.9. The van der Waals surface area contributed by atoms with Gasteiger partial charge in [-0.15, -0.1) is 0 Å². The van der Waals surface area contributed by atoms with Crippen molar-refractivity contribution in [3.05, 3.63) is 29.8 Å². The third-order valence-corrected chi connectivity index (χ3v) is 1.99. The summed E-state index contributed by atoms with van der Waals surface area (Å²) in [4.78, 5) is 13.0. The van der Waals surface area contributed by atoms with E-state index in [-0.39, 0.29) is 12.3 Å². The smallest absolute Gasteiger partial charge is 0.238 e. The first-order valence-corrected chi connectivity index (χ1v) is 4.95. The van der Waals surface area contributed by atoms with Crippen LogP contribution in [0, 0.1) is 0 Å². The molecule has 15 heavy (non-hydrogen) atoms. The van der Waals surface area contributed by atoms with Crippen LogP contribution < -0.4 is 15.3 Å². The van der Waals surface area contributed by atoms with Gasteiger partial charge >= 0.3 is 0 Å². The summed E-state index contributed by atoms with van der Waals surface area (Å²) < 4.78 is 5.29. The van der Waals surface area contributed by atoms with Crippen LogP contribution in [0.3, 0.4) is 0 Å². The van der Waals surface area contributed by atoms with Crippen LogP contribution in [0.4, 0.5) is 0 Å². The second kappa shape index (κ2) is 6.27. The minimum absolute atomic E-state index is 0.229. The number of nitrogens with two attached hydrogens (primary N) is 1. The molecule has 3 N–H and O–H groups in total. The Morgan fingerprint density at radius 3 is 2.60 bits per heavy atom. The number of hydrogen-bond donors (Lipinski definition) is 2. The molecule has 0 bridgehead atoms. The lowest BCUT2D eigenvalue weighted by molar-refractivity contribution is -0.118. The molecule has 5 heteroatoms. The molecular formula is C10H13ClN2O2. The SMILES string of the molecule is NCCOc1ccc(CC(=O)NCl)cc1. The third kappa shape index (κ3) is 4.18. The summed E-state index contributed by atoms with van der Waals surface area (Å²) in [6.07, 6.45) is 0.265. The molecule has 1 rings (SSSR count). The molecule has 0 heterocycles. The van der Waals surface area contributed by atoms with Gasteiger partial charge in [0.2, 0.25) is 5.91 Å². The number of ether oxygens (including phenoxy) is 1. The zero-order chi connectivity index (χ0) is 11.1. The number of carbonyl (C=O) groups is 1. The predicted molar refractivity (Wildman–Crippen MR) is 58.7 cm³/mol. The quantitative estimate of drug-likeness (QED) is 0.734. The fourth-order valence-corrected chi connectivity index (χ4v) is 1.17. The lowest BCUT2D eigenvalue weighted by Crippen LogP contribution is -2.14. The largest absolute Gasteiger partial charge is 0.492 e. The average molecular weight is 229 g/mol. The van der Waals surface area contributed by atoms with Gasteiger partial charge in [0.05, 0.1) is 6.42 Å². The van der Waals surface area contributed by atoms with Crippen molar-refractivity contribution in [2.45, 2.75) is 6.42 Å². The minimum Gasteiger partial charge on any atom is -0.492 e. The normalized spacial score (nSPS) is 9.73. The van der Waals surface area contributed by atoms with Crippen LogP contribution in [0.1, 0.15) is 5.56 Å². The van der Waals surface area contributed by atoms with Crippen molar-refractivity contribution in [2.75, 3.05) is 13.2 Å². The topological polar surface area (TPSA) is 64.3 Å². The third-order valence-electron chi connectivity index (χ3n) is 1.78. The molecule has 0 saturated carbocycles. The Bertz CT molecular complexity index is 314. The Morgan fingerprint density at radius 2 is 2.07 bits per heavy atom. The van der Waals surface area contributed by atoms with E-state index in [0.29, 0.717) is 13.2 Å². The van der Waals surface area contributed by atoms with Gasteiger partial charge in [0.1, 0.15) is 12.4 Å². The van der Waals surface area contributed by atoms with Gasteiger partial charge in [0.25, 0.3) is 0 Å². The predicted octanol–water partition coefficient (Wildman–Crippen LogP) is 0.837. The van der Waals surface area contributed by atoms with Crippen LogP contribution in [0.5, 0.6) is 5.75 Å². The van der Waals surface area contributed by atoms with Crippen molar-refractivity contribution in [3.63, 3.8) is 0 Å². The summed E-state index contributed by atoms with van der Waals surface area (Å²) in [6, 6.07) is 7.23. The van der Waals surface area contributed by atoms with E-state index in [0.717, 1.165) is 11.3 Å². The van der Waals surface area contributed by atoms with Crippen molar-refractivity contribution in [3.8, 4) is 5.75 Å². The van der Waals surface area contributed by atoms with Gasteiger partial charge in [0.15, 0.2) is 0 Å². The number of hydrogen-bond acceptors (Lipinski definition) is 3. The van der Waals surface area contributed by atoms with Gasteiger partial charge in [0, 0.05) is 18.3 Å². The van der Waals surface area contributed by atoms with Crippen LogP contribution >= 0.6 is 11.8 Å². The zero-order valence-corrected chi connectivity index (χ0v) is 8.96. The maximum Gasteiger partial charge on any atom is 0.238 e. The van der Waals surface area contributed by atoms with Gasteiger partial charge in [-0.2, -0.15) is 0 Å². The number of halogens is 1. The molecule has 0 spiro atoms. The Morgan fingerprint density at radius 1 is 1.40 bits per heavy atom. The lowest BCUT2D eigenvalue weighted by Gasteiger charge is -2.05. The number of amides is 1. The summed E-state index contributed by atoms with van der Waals surface area (Å²) >= 11 is 5.16. The fourth-order valence-electron chi connectivity index (χ4n) is 1.10. The van der Waals surface area contributed by atoms with Gasteiger partial charge in [-0.1, -0.05) is 12.1 Å². The van der Waals surface area contributed by atoms with E-state index in [4.69, 9.17) is 22.2 Å². The molecule has 0 unspecified atom stereocenters. The fraction of sp³-hybridized carbons (Fsp3) is 0.300. The monoisotopic (exact) mass is 228 g/mol. The summed E-state index contributed by atoms with van der Waals surface area (Å²) in [5.41, 5.74) is 6.18. The van der Waals surface area contributed by atoms with Gasteiger partial charge in [-0.05, 0) is 17.7 Å². The van der Waals surface area contributed by atoms with Crippen LogP contribution in [0.25, 0.3) is 0 Å². The molecule has 0 fully saturated rings. The molecular weight excluding hydrogens is 216 g/mol. The van der Waals surface area contributed by atoms with Crippen molar-refractivity contribution >= 4 is 17.7 Å². The summed E-state index contributed by atoms with van der Waals surface area (Å²) in [5, 5.41) is 0. The molecule has 0 radical (unpaired) electrons. The Kier molecular flexibility index (Phi) is 4.93. The van der Waals surface area contributed by atoms with Crippen LogP contribution in [0.2, 0.25) is 0 Å². The Hall–Kier alpha value is -1.26. The second-order valence-corrected chi connectivity index (χ2v) is 3.16. The summed E-state index contributed by atoms with van der Waals surface area (Å²) in [7, 11) is 0. The summed E-state index contributed by atoms with van der Waals surface area (Å²) in [5.74, 6) is 0.516. The van der Waals surface area contributed by atoms with Crippen LogP contribution in [-0.4, -0.2) is 19.1 Å². The van der Waals surface area contributed by atoms with Crippen molar-refractivity contribution in [1.82, 2.24) is 4.84 Å². The van der Waals surface area contributed by atoms with Gasteiger partial charge in [-0.3, -0.25) is 9.63 Å². The number of carbonyl (C=O) groups excluding carboxylic acids is 1. The van der Waals surface area contributed by atoms with Gasteiger partial charge in [-0.25, -0.2) is 0 Å². The first-order valence-electron chi connectivity index (χ1n) is 4.57. The van der Waals surface area contributed by atoms with Crippen molar-refractivity contribution in [1.29, 1.82) is 0 Å². The molecule has 1 aromatic carbocycles. The van der Waals surface area contributed by atoms with Crippen molar-refractivity contribution < 1.29 is 9.53 Å². The Labute approximate surface area is 93.5 Å². The van der Waals surface area contributed by atoms with Crippen molar-refractivity contribution in [2.24, 2.45) is 5.73 Å². The van der Waals surface area contributed by atoms with Crippen LogP contribution in [0.15, 0.2) is 24.3 Å². The van der Waals surface area contributed by atoms with E-state index in [9.17, 15) is 4.79 Å². The number of benzene rings is 1. The highest BCUT2D eigenvalue weighted by atomic mass is 35.5. The molecule has 0 aliphatic carbocycles. The molecule has 0 aliphatic rings. The molecule has 4 nitrogen and oxygen atoms in total.